The van der Waals surface area contributed by atoms with Crippen LogP contribution in [0, 0.1) is 11.6 Å². The Morgan fingerprint density at radius 2 is 2.00 bits per heavy atom. The second kappa shape index (κ2) is 5.94. The Hall–Kier alpha value is -1.05. The van der Waals surface area contributed by atoms with Gasteiger partial charge in [-0.05, 0) is 18.9 Å². The number of hydrogen-bond acceptors (Lipinski definition) is 3. The van der Waals surface area contributed by atoms with Gasteiger partial charge in [-0.15, -0.1) is 0 Å². The van der Waals surface area contributed by atoms with Crippen LogP contribution >= 0.6 is 0 Å². The highest BCUT2D eigenvalue weighted by Gasteiger charge is 2.21. The molecule has 1 fully saturated rings. The number of rotatable bonds is 7. The first-order valence-electron chi connectivity index (χ1n) is 6.11. The van der Waals surface area contributed by atoms with Gasteiger partial charge in [0.2, 0.25) is 10.0 Å². The second-order valence-corrected chi connectivity index (χ2v) is 6.53. The number of halogens is 2. The molecule has 19 heavy (non-hydrogen) atoms. The lowest BCUT2D eigenvalue weighted by Gasteiger charge is -2.08. The highest BCUT2D eigenvalue weighted by atomic mass is 32.2. The van der Waals surface area contributed by atoms with Gasteiger partial charge in [0.15, 0.2) is 0 Å². The van der Waals surface area contributed by atoms with E-state index in [2.05, 4.69) is 10.0 Å². The van der Waals surface area contributed by atoms with Gasteiger partial charge in [-0.1, -0.05) is 6.07 Å². The summed E-state index contributed by atoms with van der Waals surface area (Å²) in [7, 11) is -3.45. The van der Waals surface area contributed by atoms with E-state index in [0.29, 0.717) is 12.6 Å². The summed E-state index contributed by atoms with van der Waals surface area (Å²) in [6.45, 7) is 0.212. The first-order valence-corrected chi connectivity index (χ1v) is 7.76. The molecule has 0 atom stereocenters. The van der Waals surface area contributed by atoms with Crippen LogP contribution in [0.3, 0.4) is 0 Å². The van der Waals surface area contributed by atoms with E-state index in [1.165, 1.54) is 6.07 Å². The van der Waals surface area contributed by atoms with Gasteiger partial charge in [0, 0.05) is 30.8 Å². The Bertz CT molecular complexity index is 545. The highest BCUT2D eigenvalue weighted by Crippen LogP contribution is 2.18. The van der Waals surface area contributed by atoms with Crippen molar-refractivity contribution in [1.29, 1.82) is 0 Å². The predicted molar refractivity (Wildman–Crippen MR) is 68.0 cm³/mol. The Balaban J connectivity index is 1.82. The average molecular weight is 290 g/mol. The normalized spacial score (nSPS) is 15.7. The van der Waals surface area contributed by atoms with E-state index in [-0.39, 0.29) is 17.9 Å². The van der Waals surface area contributed by atoms with Crippen LogP contribution in [0.25, 0.3) is 0 Å². The highest BCUT2D eigenvalue weighted by molar-refractivity contribution is 7.89. The Labute approximate surface area is 111 Å². The summed E-state index contributed by atoms with van der Waals surface area (Å²) in [5.74, 6) is -1.48. The third-order valence-electron chi connectivity index (χ3n) is 2.88. The van der Waals surface area contributed by atoms with Crippen LogP contribution < -0.4 is 10.0 Å². The molecular formula is C12H16F2N2O2S. The fraction of sp³-hybridized carbons (Fsp3) is 0.500. The molecule has 0 amide bonds. The molecule has 1 aromatic rings. The van der Waals surface area contributed by atoms with Crippen molar-refractivity contribution in [2.75, 3.05) is 12.3 Å². The van der Waals surface area contributed by atoms with E-state index in [1.807, 2.05) is 0 Å². The lowest BCUT2D eigenvalue weighted by atomic mass is 10.2. The van der Waals surface area contributed by atoms with Crippen molar-refractivity contribution >= 4 is 10.0 Å². The molecule has 1 aliphatic carbocycles. The van der Waals surface area contributed by atoms with Crippen molar-refractivity contribution in [2.24, 2.45) is 0 Å². The summed E-state index contributed by atoms with van der Waals surface area (Å²) in [5.41, 5.74) is 0.125. The van der Waals surface area contributed by atoms with Crippen LogP contribution in [0.5, 0.6) is 0 Å². The van der Waals surface area contributed by atoms with Crippen LogP contribution in [-0.4, -0.2) is 26.8 Å². The predicted octanol–water partition coefficient (Wildman–Crippen LogP) is 1.14. The molecule has 1 aromatic carbocycles. The van der Waals surface area contributed by atoms with Crippen LogP contribution in [0.15, 0.2) is 18.2 Å². The first kappa shape index (κ1) is 14.4. The molecule has 106 valence electrons. The summed E-state index contributed by atoms with van der Waals surface area (Å²) >= 11 is 0. The summed E-state index contributed by atoms with van der Waals surface area (Å²) < 4.78 is 51.6. The number of sulfonamides is 1. The molecule has 2 N–H and O–H groups in total. The van der Waals surface area contributed by atoms with Crippen molar-refractivity contribution in [3.63, 3.8) is 0 Å². The minimum atomic E-state index is -3.45. The maximum atomic E-state index is 13.3. The van der Waals surface area contributed by atoms with Crippen LogP contribution in [0.1, 0.15) is 18.4 Å². The lowest BCUT2D eigenvalue weighted by Crippen LogP contribution is -2.32. The van der Waals surface area contributed by atoms with Gasteiger partial charge in [0.1, 0.15) is 11.6 Å². The third kappa shape index (κ3) is 4.85. The van der Waals surface area contributed by atoms with Gasteiger partial charge >= 0.3 is 0 Å². The molecule has 0 spiro atoms. The van der Waals surface area contributed by atoms with Crippen molar-refractivity contribution in [3.8, 4) is 0 Å². The van der Waals surface area contributed by atoms with Crippen LogP contribution in [0.2, 0.25) is 0 Å². The summed E-state index contributed by atoms with van der Waals surface area (Å²) in [6, 6.07) is 3.51. The topological polar surface area (TPSA) is 58.2 Å². The molecular weight excluding hydrogens is 274 g/mol. The van der Waals surface area contributed by atoms with Gasteiger partial charge in [0.05, 0.1) is 5.75 Å². The minimum Gasteiger partial charge on any atom is -0.313 e. The maximum absolute atomic E-state index is 13.3. The number of hydrogen-bond donors (Lipinski definition) is 2. The molecule has 0 radical (unpaired) electrons. The van der Waals surface area contributed by atoms with Gasteiger partial charge in [-0.2, -0.15) is 0 Å². The summed E-state index contributed by atoms with van der Waals surface area (Å²) in [4.78, 5) is 0. The van der Waals surface area contributed by atoms with E-state index >= 15 is 0 Å². The first-order chi connectivity index (χ1) is 8.96. The van der Waals surface area contributed by atoms with E-state index in [9.17, 15) is 17.2 Å². The zero-order valence-corrected chi connectivity index (χ0v) is 11.1. The summed E-state index contributed by atoms with van der Waals surface area (Å²) in [6.07, 6.45) is 2.18. The minimum absolute atomic E-state index is 0.0493. The largest absolute Gasteiger partial charge is 0.313 e. The lowest BCUT2D eigenvalue weighted by molar-refractivity contribution is 0.561. The third-order valence-corrected chi connectivity index (χ3v) is 4.20. The smallest absolute Gasteiger partial charge is 0.213 e. The van der Waals surface area contributed by atoms with Gasteiger partial charge in [0.25, 0.3) is 0 Å². The molecule has 2 rings (SSSR count). The zero-order chi connectivity index (χ0) is 13.9. The maximum Gasteiger partial charge on any atom is 0.213 e. The quantitative estimate of drug-likeness (QED) is 0.791. The molecule has 1 aliphatic rings. The molecule has 7 heteroatoms. The Morgan fingerprint density at radius 3 is 2.63 bits per heavy atom. The molecule has 0 heterocycles. The van der Waals surface area contributed by atoms with E-state index in [1.54, 1.807) is 0 Å². The second-order valence-electron chi connectivity index (χ2n) is 4.60. The van der Waals surface area contributed by atoms with E-state index in [4.69, 9.17) is 0 Å². The average Bonchev–Trinajstić information content (AvgIpc) is 3.11. The Kier molecular flexibility index (Phi) is 4.49. The fourth-order valence-corrected chi connectivity index (χ4v) is 2.52. The standard InChI is InChI=1S/C12H16F2N2O2S/c13-10-2-1-9(12(14)7-10)8-16-19(17,18)6-5-15-11-3-4-11/h1-2,7,11,15-16H,3-6,8H2. The van der Waals surface area contributed by atoms with E-state index < -0.39 is 21.7 Å². The van der Waals surface area contributed by atoms with E-state index in [0.717, 1.165) is 25.0 Å². The van der Waals surface area contributed by atoms with Crippen molar-refractivity contribution in [3.05, 3.63) is 35.4 Å². The van der Waals surface area contributed by atoms with Crippen molar-refractivity contribution in [2.45, 2.75) is 25.4 Å². The molecule has 4 nitrogen and oxygen atoms in total. The molecule has 0 saturated heterocycles. The van der Waals surface area contributed by atoms with Gasteiger partial charge < -0.3 is 5.32 Å². The number of nitrogens with one attached hydrogen (secondary N) is 2. The van der Waals surface area contributed by atoms with Crippen molar-refractivity contribution in [1.82, 2.24) is 10.0 Å². The van der Waals surface area contributed by atoms with Crippen molar-refractivity contribution < 1.29 is 17.2 Å². The number of benzene rings is 1. The zero-order valence-electron chi connectivity index (χ0n) is 10.3. The molecule has 0 bridgehead atoms. The summed E-state index contributed by atoms with van der Waals surface area (Å²) in [5, 5.41) is 3.09. The molecule has 1 saturated carbocycles. The fourth-order valence-electron chi connectivity index (χ4n) is 1.61. The molecule has 0 aliphatic heterocycles. The Morgan fingerprint density at radius 1 is 1.26 bits per heavy atom. The monoisotopic (exact) mass is 290 g/mol. The molecule has 0 unspecified atom stereocenters. The van der Waals surface area contributed by atoms with Gasteiger partial charge in [-0.3, -0.25) is 0 Å². The van der Waals surface area contributed by atoms with Crippen LogP contribution in [0.4, 0.5) is 8.78 Å². The van der Waals surface area contributed by atoms with Gasteiger partial charge in [-0.25, -0.2) is 21.9 Å². The molecule has 0 aromatic heterocycles. The SMILES string of the molecule is O=S(=O)(CCNC1CC1)NCc1ccc(F)cc1F. The van der Waals surface area contributed by atoms with Crippen LogP contribution in [-0.2, 0) is 16.6 Å².